The summed E-state index contributed by atoms with van der Waals surface area (Å²) >= 11 is 1.26. The van der Waals surface area contributed by atoms with Crippen LogP contribution in [0, 0.1) is 0 Å². The van der Waals surface area contributed by atoms with Crippen LogP contribution >= 0.6 is 11.3 Å². The van der Waals surface area contributed by atoms with Crippen LogP contribution in [0.2, 0.25) is 0 Å². The molecule has 1 unspecified atom stereocenters. The third kappa shape index (κ3) is 9.81. The van der Waals surface area contributed by atoms with Crippen LogP contribution in [0.5, 0.6) is 0 Å². The second-order valence-corrected chi connectivity index (χ2v) is 19.5. The van der Waals surface area contributed by atoms with E-state index in [1.54, 1.807) is 29.6 Å². The molecule has 2 amide bonds. The number of aromatic nitrogens is 1. The summed E-state index contributed by atoms with van der Waals surface area (Å²) in [5.74, 6) is -3.48. The maximum Gasteiger partial charge on any atom is 0.376 e. The molecule has 2 fully saturated rings. The predicted molar refractivity (Wildman–Crippen MR) is 295 cm³/mol. The maximum atomic E-state index is 15.3. The topological polar surface area (TPSA) is 158 Å². The van der Waals surface area contributed by atoms with Crippen molar-refractivity contribution in [1.82, 2.24) is 15.4 Å². The lowest BCUT2D eigenvalue weighted by Gasteiger charge is -2.36. The molecule has 386 valence electrons. The summed E-state index contributed by atoms with van der Waals surface area (Å²) < 4.78 is 11.9. The molecule has 0 bridgehead atoms. The molecule has 2 N–H and O–H groups in total. The van der Waals surface area contributed by atoms with Crippen LogP contribution in [0.4, 0.5) is 5.13 Å². The highest BCUT2D eigenvalue weighted by molar-refractivity contribution is 7.14. The number of ether oxygens (including phenoxy) is 2. The summed E-state index contributed by atoms with van der Waals surface area (Å²) in [4.78, 5) is 75.7. The van der Waals surface area contributed by atoms with Gasteiger partial charge in [0.05, 0.1) is 6.42 Å². The summed E-state index contributed by atoms with van der Waals surface area (Å²) in [6.07, 6.45) is -1.41. The molecule has 0 saturated carbocycles. The fraction of sp³-hybridized carbons (Fsp3) is 0.125. The van der Waals surface area contributed by atoms with Crippen LogP contribution in [0.3, 0.4) is 0 Å². The maximum absolute atomic E-state index is 15.3. The average Bonchev–Trinajstić information content (AvgIpc) is 4.39. The second kappa shape index (κ2) is 22.4. The third-order valence-corrected chi connectivity index (χ3v) is 14.7. The number of hydrogen-bond acceptors (Lipinski definition) is 12. The standard InChI is InChI=1S/C64H51N5O8S/c70-55-41-42-62(76-55,60(73)75-57(45-25-9-1-10-26-45)46-27-11-2-12-28-46)69-59(72)53(43-74-69)65-58(71)56(68-77-64(50-35-19-6-20-36-50,51-37-21-7-22-38-51)52-39-23-8-24-40-52)54-44-78-61(66-54)67-63(47-29-13-3-14-30-47,48-31-15-4-16-32-48)49-33-17-5-18-34-49/h1-40,44,53,57H,41-43H2,(H,65,71)(H,66,67)/b68-56-/t53-,62?/m0/s1. The van der Waals surface area contributed by atoms with Gasteiger partial charge >= 0.3 is 17.7 Å². The molecule has 2 saturated heterocycles. The molecule has 8 aromatic carbocycles. The van der Waals surface area contributed by atoms with Gasteiger partial charge in [0.1, 0.15) is 23.9 Å². The molecule has 2 atom stereocenters. The highest BCUT2D eigenvalue weighted by atomic mass is 32.1. The Hall–Kier alpha value is -9.50. The number of carbonyl (C=O) groups is 4. The molecule has 0 radical (unpaired) electrons. The normalized spacial score (nSPS) is 16.6. The number of hydroxylamine groups is 2. The Labute approximate surface area is 454 Å². The van der Waals surface area contributed by atoms with Crippen molar-refractivity contribution >= 4 is 45.9 Å². The van der Waals surface area contributed by atoms with E-state index in [2.05, 4.69) is 47.0 Å². The molecule has 11 rings (SSSR count). The SMILES string of the molecule is O=C1CCC(C(=O)OC(c2ccccc2)c2ccccc2)(N2OC[C@H](NC(=O)/C(=N\OC(c3ccccc3)(c3ccccc3)c3ccccc3)c3csc(NC(c4ccccc4)(c4ccccc4)c4ccccc4)n3)C2=O)O1. The first-order valence-electron chi connectivity index (χ1n) is 25.4. The molecule has 78 heavy (non-hydrogen) atoms. The van der Waals surface area contributed by atoms with E-state index in [9.17, 15) is 14.4 Å². The Morgan fingerprint density at radius 3 is 1.46 bits per heavy atom. The number of carbonyl (C=O) groups excluding carboxylic acids is 4. The fourth-order valence-electron chi connectivity index (χ4n) is 10.1. The first kappa shape index (κ1) is 50.6. The van der Waals surface area contributed by atoms with E-state index in [-0.39, 0.29) is 24.2 Å². The monoisotopic (exact) mass is 1050 g/mol. The van der Waals surface area contributed by atoms with Gasteiger partial charge < -0.3 is 24.9 Å². The number of anilines is 1. The Morgan fingerprint density at radius 2 is 1.04 bits per heavy atom. The third-order valence-electron chi connectivity index (χ3n) is 13.9. The zero-order valence-corrected chi connectivity index (χ0v) is 42.8. The molecule has 0 spiro atoms. The summed E-state index contributed by atoms with van der Waals surface area (Å²) in [5.41, 5.74) is 1.36. The van der Waals surface area contributed by atoms with Crippen molar-refractivity contribution in [3.8, 4) is 0 Å². The highest BCUT2D eigenvalue weighted by Gasteiger charge is 2.60. The molecule has 1 aromatic heterocycles. The van der Waals surface area contributed by atoms with Crippen LogP contribution in [-0.4, -0.2) is 57.9 Å². The highest BCUT2D eigenvalue weighted by Crippen LogP contribution is 2.43. The van der Waals surface area contributed by atoms with Crippen LogP contribution in [0.25, 0.3) is 0 Å². The largest absolute Gasteiger partial charge is 0.448 e. The fourth-order valence-corrected chi connectivity index (χ4v) is 10.9. The quantitative estimate of drug-likeness (QED) is 0.0367. The van der Waals surface area contributed by atoms with Gasteiger partial charge in [0, 0.05) is 28.5 Å². The summed E-state index contributed by atoms with van der Waals surface area (Å²) in [7, 11) is 0. The number of cyclic esters (lactones) is 1. The first-order valence-corrected chi connectivity index (χ1v) is 26.3. The predicted octanol–water partition coefficient (Wildman–Crippen LogP) is 10.9. The number of nitrogens with zero attached hydrogens (tertiary/aromatic N) is 3. The van der Waals surface area contributed by atoms with Crippen molar-refractivity contribution in [2.24, 2.45) is 5.16 Å². The van der Waals surface area contributed by atoms with Gasteiger partial charge in [-0.25, -0.2) is 9.78 Å². The minimum atomic E-state index is -2.31. The number of oxime groups is 1. The molecular formula is C64H51N5O8S. The van der Waals surface area contributed by atoms with Crippen molar-refractivity contribution in [3.63, 3.8) is 0 Å². The molecule has 2 aliphatic heterocycles. The number of hydrogen-bond donors (Lipinski definition) is 2. The molecular weight excluding hydrogens is 999 g/mol. The van der Waals surface area contributed by atoms with Gasteiger partial charge in [-0.3, -0.25) is 19.2 Å². The molecule has 3 heterocycles. The Balaban J connectivity index is 0.979. The molecule has 13 nitrogen and oxygen atoms in total. The van der Waals surface area contributed by atoms with Crippen molar-refractivity contribution < 1.29 is 38.3 Å². The van der Waals surface area contributed by atoms with Gasteiger partial charge in [-0.1, -0.05) is 248 Å². The second-order valence-electron chi connectivity index (χ2n) is 18.6. The van der Waals surface area contributed by atoms with E-state index in [0.29, 0.717) is 32.9 Å². The smallest absolute Gasteiger partial charge is 0.376 e. The van der Waals surface area contributed by atoms with Gasteiger partial charge in [-0.15, -0.1) is 11.3 Å². The van der Waals surface area contributed by atoms with Gasteiger partial charge in [0.25, 0.3) is 11.8 Å². The van der Waals surface area contributed by atoms with E-state index in [4.69, 9.17) is 29.3 Å². The van der Waals surface area contributed by atoms with E-state index < -0.39 is 59.4 Å². The number of esters is 2. The lowest BCUT2D eigenvalue weighted by Crippen LogP contribution is -2.57. The molecule has 2 aliphatic rings. The van der Waals surface area contributed by atoms with Gasteiger partial charge in [-0.2, -0.15) is 5.06 Å². The van der Waals surface area contributed by atoms with E-state index in [1.807, 2.05) is 182 Å². The average molecular weight is 1050 g/mol. The minimum absolute atomic E-state index is 0.118. The Morgan fingerprint density at radius 1 is 0.615 bits per heavy atom. The molecule has 0 aliphatic carbocycles. The van der Waals surface area contributed by atoms with Crippen molar-refractivity contribution in [3.05, 3.63) is 298 Å². The minimum Gasteiger partial charge on any atom is -0.448 e. The molecule has 14 heteroatoms. The number of benzene rings is 8. The van der Waals surface area contributed by atoms with Gasteiger partial charge in [0.15, 0.2) is 16.9 Å². The zero-order valence-electron chi connectivity index (χ0n) is 42.0. The lowest BCUT2D eigenvalue weighted by atomic mass is 9.77. The van der Waals surface area contributed by atoms with E-state index in [1.165, 1.54) is 11.3 Å². The zero-order chi connectivity index (χ0) is 53.4. The summed E-state index contributed by atoms with van der Waals surface area (Å²) in [6.45, 7) is -0.439. The van der Waals surface area contributed by atoms with Crippen molar-refractivity contribution in [1.29, 1.82) is 0 Å². The van der Waals surface area contributed by atoms with Crippen LogP contribution in [0.1, 0.15) is 69.1 Å². The Bertz CT molecular complexity index is 3310. The van der Waals surface area contributed by atoms with Crippen LogP contribution < -0.4 is 10.6 Å². The van der Waals surface area contributed by atoms with Crippen LogP contribution in [-0.2, 0) is 49.5 Å². The Kier molecular flexibility index (Phi) is 14.5. The lowest BCUT2D eigenvalue weighted by molar-refractivity contribution is -0.260. The van der Waals surface area contributed by atoms with E-state index in [0.717, 1.165) is 21.8 Å². The van der Waals surface area contributed by atoms with E-state index >= 15 is 4.79 Å². The number of amides is 2. The summed E-state index contributed by atoms with van der Waals surface area (Å²) in [5, 5.41) is 14.3. The van der Waals surface area contributed by atoms with Crippen LogP contribution in [0.15, 0.2) is 253 Å². The molecule has 9 aromatic rings. The number of thiazole rings is 1. The van der Waals surface area contributed by atoms with Crippen molar-refractivity contribution in [2.75, 3.05) is 11.9 Å². The van der Waals surface area contributed by atoms with Crippen molar-refractivity contribution in [2.45, 2.75) is 41.9 Å². The number of rotatable bonds is 18. The summed E-state index contributed by atoms with van der Waals surface area (Å²) in [6, 6.07) is 75.6. The van der Waals surface area contributed by atoms with Gasteiger partial charge in [0.2, 0.25) is 5.60 Å². The first-order chi connectivity index (χ1) is 38.3. The number of nitrogens with one attached hydrogen (secondary N) is 2. The van der Waals surface area contributed by atoms with Gasteiger partial charge in [-0.05, 0) is 27.8 Å².